The number of alkyl halides is 3. The van der Waals surface area contributed by atoms with E-state index in [0.717, 1.165) is 12.1 Å². The van der Waals surface area contributed by atoms with E-state index in [4.69, 9.17) is 0 Å². The molecule has 3 aromatic rings. The van der Waals surface area contributed by atoms with Crippen LogP contribution < -0.4 is 15.6 Å². The molecule has 0 aliphatic rings. The van der Waals surface area contributed by atoms with Crippen molar-refractivity contribution in [1.29, 1.82) is 0 Å². The Kier molecular flexibility index (Phi) is 5.10. The molecule has 6 nitrogen and oxygen atoms in total. The molecule has 0 fully saturated rings. The van der Waals surface area contributed by atoms with Crippen molar-refractivity contribution < 1.29 is 23.0 Å². The summed E-state index contributed by atoms with van der Waals surface area (Å²) >= 11 is 0. The largest absolute Gasteiger partial charge is 0.573 e. The van der Waals surface area contributed by atoms with E-state index in [2.05, 4.69) is 14.7 Å². The van der Waals surface area contributed by atoms with Crippen molar-refractivity contribution in [1.82, 2.24) is 9.97 Å². The van der Waals surface area contributed by atoms with Crippen molar-refractivity contribution in [3.05, 3.63) is 74.4 Å². The van der Waals surface area contributed by atoms with Crippen LogP contribution in [-0.4, -0.2) is 21.4 Å². The number of nitrogens with one attached hydrogen (secondary N) is 2. The van der Waals surface area contributed by atoms with E-state index in [0.29, 0.717) is 17.0 Å². The number of aryl methyl sites for hydroxylation is 1. The van der Waals surface area contributed by atoms with E-state index < -0.39 is 23.8 Å². The molecule has 9 heteroatoms. The Bertz CT molecular complexity index is 1120. The van der Waals surface area contributed by atoms with Crippen molar-refractivity contribution in [2.45, 2.75) is 19.9 Å². The van der Waals surface area contributed by atoms with Gasteiger partial charge in [0.25, 0.3) is 0 Å². The molecule has 146 valence electrons. The molecule has 0 aliphatic heterocycles. The summed E-state index contributed by atoms with van der Waals surface area (Å²) in [6.07, 6.45) is -3.46. The lowest BCUT2D eigenvalue weighted by atomic mass is 10.0. The Balaban J connectivity index is 1.98. The molecule has 3 rings (SSSR count). The van der Waals surface area contributed by atoms with Gasteiger partial charge < -0.3 is 19.8 Å². The Labute approximate surface area is 156 Å². The molecule has 0 saturated heterocycles. The number of hydrogen-bond acceptors (Lipinski definition) is 4. The lowest BCUT2D eigenvalue weighted by Gasteiger charge is -2.10. The molecular formula is C19H15F3N2O4. The molecule has 2 heterocycles. The number of halogens is 3. The van der Waals surface area contributed by atoms with Crippen LogP contribution in [0.25, 0.3) is 22.4 Å². The van der Waals surface area contributed by atoms with Gasteiger partial charge in [-0.3, -0.25) is 9.59 Å². The van der Waals surface area contributed by atoms with Crippen LogP contribution >= 0.6 is 0 Å². The summed E-state index contributed by atoms with van der Waals surface area (Å²) in [5.41, 5.74) is 0.824. The summed E-state index contributed by atoms with van der Waals surface area (Å²) in [5, 5.41) is 9.48. The fraction of sp³-hybridized carbons (Fsp3) is 0.158. The van der Waals surface area contributed by atoms with Crippen LogP contribution in [-0.2, 0) is 6.61 Å². The predicted molar refractivity (Wildman–Crippen MR) is 95.9 cm³/mol. The van der Waals surface area contributed by atoms with Gasteiger partial charge in [-0.05, 0) is 36.8 Å². The highest BCUT2D eigenvalue weighted by molar-refractivity contribution is 5.68. The van der Waals surface area contributed by atoms with Gasteiger partial charge >= 0.3 is 6.36 Å². The van der Waals surface area contributed by atoms with Crippen molar-refractivity contribution in [2.24, 2.45) is 0 Å². The number of pyridine rings is 2. The summed E-state index contributed by atoms with van der Waals surface area (Å²) in [4.78, 5) is 30.5. The first-order chi connectivity index (χ1) is 13.2. The molecular weight excluding hydrogens is 377 g/mol. The molecule has 0 radical (unpaired) electrons. The first-order valence-electron chi connectivity index (χ1n) is 8.11. The average Bonchev–Trinajstić information content (AvgIpc) is 2.61. The Morgan fingerprint density at radius 2 is 1.75 bits per heavy atom. The third kappa shape index (κ3) is 4.15. The Morgan fingerprint density at radius 3 is 2.32 bits per heavy atom. The van der Waals surface area contributed by atoms with Crippen LogP contribution in [0.5, 0.6) is 5.75 Å². The van der Waals surface area contributed by atoms with Gasteiger partial charge in [-0.2, -0.15) is 0 Å². The number of aliphatic hydroxyl groups excluding tert-OH is 1. The second-order valence-electron chi connectivity index (χ2n) is 6.03. The molecule has 0 bridgehead atoms. The van der Waals surface area contributed by atoms with Crippen LogP contribution in [0.4, 0.5) is 13.2 Å². The Morgan fingerprint density at radius 1 is 1.07 bits per heavy atom. The van der Waals surface area contributed by atoms with Gasteiger partial charge in [0.15, 0.2) is 10.9 Å². The summed E-state index contributed by atoms with van der Waals surface area (Å²) in [7, 11) is 0. The number of aromatic nitrogens is 2. The molecule has 2 aromatic heterocycles. The van der Waals surface area contributed by atoms with Crippen molar-refractivity contribution in [2.75, 3.05) is 0 Å². The monoisotopic (exact) mass is 392 g/mol. The Hall–Kier alpha value is -3.33. The minimum absolute atomic E-state index is 0.0647. The SMILES string of the molecule is Cc1cc(=O)c(-c2c[nH]c(-c3ccc(OC(F)(F)F)cc3)cc2=O)c(CO)[nH]1. The zero-order chi connectivity index (χ0) is 20.5. The highest BCUT2D eigenvalue weighted by atomic mass is 19.4. The summed E-state index contributed by atoms with van der Waals surface area (Å²) < 4.78 is 40.5. The normalized spacial score (nSPS) is 11.5. The molecule has 0 unspecified atom stereocenters. The quantitative estimate of drug-likeness (QED) is 0.636. The van der Waals surface area contributed by atoms with Crippen LogP contribution in [0.15, 0.2) is 52.2 Å². The summed E-state index contributed by atoms with van der Waals surface area (Å²) in [6.45, 7) is 1.21. The molecule has 0 amide bonds. The third-order valence-electron chi connectivity index (χ3n) is 3.98. The van der Waals surface area contributed by atoms with Gasteiger partial charge in [0, 0.05) is 29.7 Å². The molecule has 3 N–H and O–H groups in total. The first-order valence-corrected chi connectivity index (χ1v) is 8.11. The third-order valence-corrected chi connectivity index (χ3v) is 3.98. The second kappa shape index (κ2) is 7.35. The van der Waals surface area contributed by atoms with Crippen molar-refractivity contribution in [3.63, 3.8) is 0 Å². The smallest absolute Gasteiger partial charge is 0.406 e. The molecule has 0 spiro atoms. The molecule has 1 aromatic carbocycles. The van der Waals surface area contributed by atoms with Gasteiger partial charge in [-0.1, -0.05) is 0 Å². The van der Waals surface area contributed by atoms with E-state index in [9.17, 15) is 27.9 Å². The summed E-state index contributed by atoms with van der Waals surface area (Å²) in [5.74, 6) is -0.381. The minimum atomic E-state index is -4.79. The van der Waals surface area contributed by atoms with Gasteiger partial charge in [0.1, 0.15) is 5.75 Å². The number of aromatic amines is 2. The maximum absolute atomic E-state index is 12.5. The number of H-pyrrole nitrogens is 2. The van der Waals surface area contributed by atoms with E-state index in [1.165, 1.54) is 30.5 Å². The zero-order valence-corrected chi connectivity index (χ0v) is 14.6. The number of ether oxygens (including phenoxy) is 1. The predicted octanol–water partition coefficient (Wildman–Crippen LogP) is 3.10. The van der Waals surface area contributed by atoms with Gasteiger partial charge in [-0.25, -0.2) is 0 Å². The fourth-order valence-corrected chi connectivity index (χ4v) is 2.84. The zero-order valence-electron chi connectivity index (χ0n) is 14.6. The standard InChI is InChI=1S/C19H15F3N2O4/c1-10-6-17(27)18(15(9-25)24-10)13-8-23-14(7-16(13)26)11-2-4-12(5-3-11)28-19(20,21)22/h2-8,25H,9H2,1H3,(H,23,26)(H,24,27). The number of hydrogen-bond donors (Lipinski definition) is 3. The van der Waals surface area contributed by atoms with E-state index in [1.54, 1.807) is 6.92 Å². The van der Waals surface area contributed by atoms with Crippen molar-refractivity contribution >= 4 is 0 Å². The molecule has 0 saturated carbocycles. The minimum Gasteiger partial charge on any atom is -0.406 e. The second-order valence-corrected chi connectivity index (χ2v) is 6.03. The van der Waals surface area contributed by atoms with Crippen LogP contribution in [0.1, 0.15) is 11.4 Å². The molecule has 28 heavy (non-hydrogen) atoms. The number of aliphatic hydroxyl groups is 1. The van der Waals surface area contributed by atoms with Gasteiger partial charge in [-0.15, -0.1) is 13.2 Å². The van der Waals surface area contributed by atoms with E-state index in [-0.39, 0.29) is 22.6 Å². The maximum Gasteiger partial charge on any atom is 0.573 e. The molecule has 0 atom stereocenters. The van der Waals surface area contributed by atoms with Gasteiger partial charge in [0.05, 0.1) is 23.4 Å². The average molecular weight is 392 g/mol. The van der Waals surface area contributed by atoms with Crippen LogP contribution in [0.2, 0.25) is 0 Å². The maximum atomic E-state index is 12.5. The first kappa shape index (κ1) is 19.4. The van der Waals surface area contributed by atoms with E-state index >= 15 is 0 Å². The number of rotatable bonds is 4. The van der Waals surface area contributed by atoms with Gasteiger partial charge in [0.2, 0.25) is 0 Å². The highest BCUT2D eigenvalue weighted by Crippen LogP contribution is 2.26. The van der Waals surface area contributed by atoms with Crippen LogP contribution in [0.3, 0.4) is 0 Å². The van der Waals surface area contributed by atoms with Crippen LogP contribution in [0, 0.1) is 6.92 Å². The number of benzene rings is 1. The fourth-order valence-electron chi connectivity index (χ4n) is 2.84. The van der Waals surface area contributed by atoms with Crippen molar-refractivity contribution in [3.8, 4) is 28.1 Å². The lowest BCUT2D eigenvalue weighted by Crippen LogP contribution is -2.17. The highest BCUT2D eigenvalue weighted by Gasteiger charge is 2.31. The lowest BCUT2D eigenvalue weighted by molar-refractivity contribution is -0.274. The van der Waals surface area contributed by atoms with E-state index in [1.807, 2.05) is 0 Å². The summed E-state index contributed by atoms with van der Waals surface area (Å²) in [6, 6.07) is 7.54. The topological polar surface area (TPSA) is 95.2 Å². The molecule has 0 aliphatic carbocycles.